The van der Waals surface area contributed by atoms with E-state index in [1.807, 2.05) is 11.8 Å². The van der Waals surface area contributed by atoms with E-state index in [2.05, 4.69) is 49.7 Å². The maximum absolute atomic E-state index is 3.49. The minimum atomic E-state index is 0.669. The Hall–Kier alpha value is -0.470. The zero-order valence-electron chi connectivity index (χ0n) is 11.3. The highest BCUT2D eigenvalue weighted by atomic mass is 32.2. The molecule has 1 rings (SSSR count). The molecule has 1 aromatic carbocycles. The molecule has 0 aliphatic rings. The number of nitrogens with one attached hydrogen (secondary N) is 1. The fourth-order valence-electron chi connectivity index (χ4n) is 2.10. The summed E-state index contributed by atoms with van der Waals surface area (Å²) in [5.41, 5.74) is 2.86. The lowest BCUT2D eigenvalue weighted by atomic mass is 9.93. The average Bonchev–Trinajstić information content (AvgIpc) is 2.33. The van der Waals surface area contributed by atoms with Gasteiger partial charge in [0.15, 0.2) is 0 Å². The molecule has 1 unspecified atom stereocenters. The van der Waals surface area contributed by atoms with Gasteiger partial charge in [-0.1, -0.05) is 36.8 Å². The maximum atomic E-state index is 3.49. The fraction of sp³-hybridized carbons (Fsp3) is 0.600. The summed E-state index contributed by atoms with van der Waals surface area (Å²) in [4.78, 5) is 0. The molecule has 0 saturated carbocycles. The van der Waals surface area contributed by atoms with Crippen molar-refractivity contribution in [1.82, 2.24) is 5.32 Å². The summed E-state index contributed by atoms with van der Waals surface area (Å²) >= 11 is 1.95. The van der Waals surface area contributed by atoms with Crippen LogP contribution in [0.2, 0.25) is 0 Å². The second kappa shape index (κ2) is 8.60. The molecule has 1 aromatic rings. The SMILES string of the molecule is CCNCC(CCCSC)c1cccc(C)c1. The molecule has 0 bridgehead atoms. The Morgan fingerprint density at radius 3 is 2.82 bits per heavy atom. The van der Waals surface area contributed by atoms with Crippen LogP contribution >= 0.6 is 11.8 Å². The molecular formula is C15H25NS. The number of hydrogen-bond acceptors (Lipinski definition) is 2. The number of benzene rings is 1. The molecule has 1 nitrogen and oxygen atoms in total. The van der Waals surface area contributed by atoms with Crippen molar-refractivity contribution in [3.63, 3.8) is 0 Å². The normalized spacial score (nSPS) is 12.6. The van der Waals surface area contributed by atoms with Crippen LogP contribution in [-0.4, -0.2) is 25.1 Å². The van der Waals surface area contributed by atoms with Crippen LogP contribution in [0, 0.1) is 6.92 Å². The van der Waals surface area contributed by atoms with Crippen LogP contribution in [-0.2, 0) is 0 Å². The van der Waals surface area contributed by atoms with Crippen LogP contribution in [0.1, 0.15) is 36.8 Å². The summed E-state index contributed by atoms with van der Waals surface area (Å²) in [5.74, 6) is 1.94. The molecule has 0 aliphatic carbocycles. The van der Waals surface area contributed by atoms with Gasteiger partial charge in [-0.25, -0.2) is 0 Å². The van der Waals surface area contributed by atoms with Crippen molar-refractivity contribution in [1.29, 1.82) is 0 Å². The lowest BCUT2D eigenvalue weighted by Gasteiger charge is -2.18. The zero-order valence-corrected chi connectivity index (χ0v) is 12.1. The van der Waals surface area contributed by atoms with Gasteiger partial charge >= 0.3 is 0 Å². The van der Waals surface area contributed by atoms with Gasteiger partial charge in [-0.05, 0) is 49.8 Å². The Balaban J connectivity index is 2.60. The molecule has 0 amide bonds. The first-order chi connectivity index (χ1) is 8.27. The fourth-order valence-corrected chi connectivity index (χ4v) is 2.56. The van der Waals surface area contributed by atoms with Gasteiger partial charge in [0.25, 0.3) is 0 Å². The van der Waals surface area contributed by atoms with Gasteiger partial charge < -0.3 is 5.32 Å². The molecule has 0 spiro atoms. The van der Waals surface area contributed by atoms with Crippen LogP contribution in [0.25, 0.3) is 0 Å². The second-order valence-electron chi connectivity index (χ2n) is 4.55. The molecule has 17 heavy (non-hydrogen) atoms. The van der Waals surface area contributed by atoms with Gasteiger partial charge in [-0.3, -0.25) is 0 Å². The van der Waals surface area contributed by atoms with Crippen LogP contribution in [0.15, 0.2) is 24.3 Å². The Bertz CT molecular complexity index is 312. The van der Waals surface area contributed by atoms with Gasteiger partial charge in [0.05, 0.1) is 0 Å². The van der Waals surface area contributed by atoms with E-state index in [1.165, 1.54) is 29.7 Å². The summed E-state index contributed by atoms with van der Waals surface area (Å²) in [6.07, 6.45) is 4.79. The zero-order chi connectivity index (χ0) is 12.5. The minimum Gasteiger partial charge on any atom is -0.316 e. The monoisotopic (exact) mass is 251 g/mol. The molecule has 0 aliphatic heterocycles. The van der Waals surface area contributed by atoms with Crippen molar-refractivity contribution in [2.75, 3.05) is 25.1 Å². The third kappa shape index (κ3) is 5.60. The number of hydrogen-bond donors (Lipinski definition) is 1. The molecule has 2 heteroatoms. The number of aryl methyl sites for hydroxylation is 1. The molecule has 1 N–H and O–H groups in total. The first kappa shape index (κ1) is 14.6. The van der Waals surface area contributed by atoms with Gasteiger partial charge in [0, 0.05) is 6.54 Å². The Labute approximate surface area is 110 Å². The molecule has 96 valence electrons. The van der Waals surface area contributed by atoms with E-state index in [0.29, 0.717) is 5.92 Å². The molecule has 0 aromatic heterocycles. The molecular weight excluding hydrogens is 226 g/mol. The van der Waals surface area contributed by atoms with Crippen LogP contribution in [0.3, 0.4) is 0 Å². The summed E-state index contributed by atoms with van der Waals surface area (Å²) in [6.45, 7) is 6.52. The summed E-state index contributed by atoms with van der Waals surface area (Å²) in [6, 6.07) is 8.96. The summed E-state index contributed by atoms with van der Waals surface area (Å²) in [5, 5.41) is 3.49. The molecule has 0 saturated heterocycles. The van der Waals surface area contributed by atoms with Crippen molar-refractivity contribution >= 4 is 11.8 Å². The largest absolute Gasteiger partial charge is 0.316 e. The molecule has 0 radical (unpaired) electrons. The third-order valence-electron chi connectivity index (χ3n) is 3.06. The van der Waals surface area contributed by atoms with Crippen molar-refractivity contribution in [3.05, 3.63) is 35.4 Å². The van der Waals surface area contributed by atoms with E-state index < -0.39 is 0 Å². The Morgan fingerprint density at radius 1 is 1.35 bits per heavy atom. The molecule has 0 fully saturated rings. The number of thioether (sulfide) groups is 1. The second-order valence-corrected chi connectivity index (χ2v) is 5.54. The Kier molecular flexibility index (Phi) is 7.38. The average molecular weight is 251 g/mol. The van der Waals surface area contributed by atoms with Crippen molar-refractivity contribution in [3.8, 4) is 0 Å². The van der Waals surface area contributed by atoms with Gasteiger partial charge in [-0.15, -0.1) is 0 Å². The van der Waals surface area contributed by atoms with Crippen molar-refractivity contribution in [2.45, 2.75) is 32.6 Å². The topological polar surface area (TPSA) is 12.0 Å². The van der Waals surface area contributed by atoms with Crippen LogP contribution < -0.4 is 5.32 Å². The van der Waals surface area contributed by atoms with Crippen molar-refractivity contribution < 1.29 is 0 Å². The predicted molar refractivity (Wildman–Crippen MR) is 80.1 cm³/mol. The number of likely N-dealkylation sites (N-methyl/N-ethyl adjacent to an activating group) is 1. The lowest BCUT2D eigenvalue weighted by molar-refractivity contribution is 0.557. The summed E-state index contributed by atoms with van der Waals surface area (Å²) < 4.78 is 0. The molecule has 1 atom stereocenters. The quantitative estimate of drug-likeness (QED) is 0.705. The first-order valence-electron chi connectivity index (χ1n) is 6.54. The van der Waals surface area contributed by atoms with Gasteiger partial charge in [-0.2, -0.15) is 11.8 Å². The lowest BCUT2D eigenvalue weighted by Crippen LogP contribution is -2.21. The number of rotatable bonds is 8. The smallest absolute Gasteiger partial charge is 0.00200 e. The first-order valence-corrected chi connectivity index (χ1v) is 7.93. The van der Waals surface area contributed by atoms with E-state index in [1.54, 1.807) is 0 Å². The highest BCUT2D eigenvalue weighted by Crippen LogP contribution is 2.22. The predicted octanol–water partition coefficient (Wildman–Crippen LogP) is 3.83. The standard InChI is InChI=1S/C15H25NS/c1-4-16-12-15(9-6-10-17-3)14-8-5-7-13(2)11-14/h5,7-8,11,15-16H,4,6,9-10,12H2,1-3H3. The van der Waals surface area contributed by atoms with E-state index in [0.717, 1.165) is 13.1 Å². The Morgan fingerprint density at radius 2 is 2.18 bits per heavy atom. The van der Waals surface area contributed by atoms with Crippen molar-refractivity contribution in [2.24, 2.45) is 0 Å². The van der Waals surface area contributed by atoms with E-state index in [4.69, 9.17) is 0 Å². The highest BCUT2D eigenvalue weighted by molar-refractivity contribution is 7.98. The van der Waals surface area contributed by atoms with E-state index >= 15 is 0 Å². The van der Waals surface area contributed by atoms with Crippen LogP contribution in [0.5, 0.6) is 0 Å². The summed E-state index contributed by atoms with van der Waals surface area (Å²) in [7, 11) is 0. The third-order valence-corrected chi connectivity index (χ3v) is 3.75. The van der Waals surface area contributed by atoms with E-state index in [9.17, 15) is 0 Å². The van der Waals surface area contributed by atoms with Gasteiger partial charge in [0.1, 0.15) is 0 Å². The molecule has 0 heterocycles. The maximum Gasteiger partial charge on any atom is 0.00200 e. The highest BCUT2D eigenvalue weighted by Gasteiger charge is 2.10. The van der Waals surface area contributed by atoms with E-state index in [-0.39, 0.29) is 0 Å². The van der Waals surface area contributed by atoms with Gasteiger partial charge in [0.2, 0.25) is 0 Å². The van der Waals surface area contributed by atoms with Crippen LogP contribution in [0.4, 0.5) is 0 Å². The minimum absolute atomic E-state index is 0.669.